The molecule has 0 aromatic carbocycles. The predicted molar refractivity (Wildman–Crippen MR) is 75.8 cm³/mol. The third-order valence-corrected chi connectivity index (χ3v) is 2.15. The molecule has 0 fully saturated rings. The summed E-state index contributed by atoms with van der Waals surface area (Å²) in [4.78, 5) is 26.0. The molecular formula is C13H15ClN2O4. The summed E-state index contributed by atoms with van der Waals surface area (Å²) in [6, 6.07) is 1.44. The van der Waals surface area contributed by atoms with Crippen molar-refractivity contribution in [1.82, 2.24) is 4.98 Å². The van der Waals surface area contributed by atoms with Gasteiger partial charge < -0.3 is 9.84 Å². The Morgan fingerprint density at radius 3 is 2.65 bits per heavy atom. The number of anilines is 1. The van der Waals surface area contributed by atoms with Crippen LogP contribution in [-0.4, -0.2) is 27.8 Å². The zero-order chi connectivity index (χ0) is 15.3. The minimum Gasteiger partial charge on any atom is -0.478 e. The van der Waals surface area contributed by atoms with E-state index in [0.717, 1.165) is 6.08 Å². The lowest BCUT2D eigenvalue weighted by Gasteiger charge is -2.20. The number of ether oxygens (including phenoxy) is 1. The van der Waals surface area contributed by atoms with Crippen LogP contribution < -0.4 is 5.32 Å². The van der Waals surface area contributed by atoms with Crippen LogP contribution >= 0.6 is 11.6 Å². The SMILES string of the molecule is CC(C)(C)OC(=O)Nc1cnc(Cl)cc1/C=C/C(=O)O. The fourth-order valence-corrected chi connectivity index (χ4v) is 1.43. The molecule has 0 aliphatic rings. The first-order chi connectivity index (χ1) is 9.17. The third-order valence-electron chi connectivity index (χ3n) is 1.94. The van der Waals surface area contributed by atoms with Gasteiger partial charge in [0.05, 0.1) is 11.9 Å². The van der Waals surface area contributed by atoms with Crippen LogP contribution in [0.15, 0.2) is 18.3 Å². The van der Waals surface area contributed by atoms with Crippen LogP contribution in [0, 0.1) is 0 Å². The topological polar surface area (TPSA) is 88.5 Å². The molecule has 0 saturated carbocycles. The average molecular weight is 299 g/mol. The number of rotatable bonds is 3. The minimum atomic E-state index is -1.11. The van der Waals surface area contributed by atoms with Gasteiger partial charge >= 0.3 is 12.1 Å². The van der Waals surface area contributed by atoms with Gasteiger partial charge in [-0.1, -0.05) is 11.6 Å². The van der Waals surface area contributed by atoms with Gasteiger partial charge in [0, 0.05) is 11.6 Å². The molecule has 0 bridgehead atoms. The summed E-state index contributed by atoms with van der Waals surface area (Å²) in [5, 5.41) is 11.3. The van der Waals surface area contributed by atoms with E-state index in [1.165, 1.54) is 18.3 Å². The van der Waals surface area contributed by atoms with Gasteiger partial charge in [0.15, 0.2) is 0 Å². The van der Waals surface area contributed by atoms with Gasteiger partial charge in [-0.05, 0) is 32.9 Å². The highest BCUT2D eigenvalue weighted by Gasteiger charge is 2.17. The van der Waals surface area contributed by atoms with Gasteiger partial charge in [0.25, 0.3) is 0 Å². The Balaban J connectivity index is 2.94. The van der Waals surface area contributed by atoms with Crippen LogP contribution in [0.5, 0.6) is 0 Å². The lowest BCUT2D eigenvalue weighted by Crippen LogP contribution is -2.27. The summed E-state index contributed by atoms with van der Waals surface area (Å²) in [7, 11) is 0. The molecule has 1 aromatic rings. The van der Waals surface area contributed by atoms with Crippen molar-refractivity contribution in [1.29, 1.82) is 0 Å². The number of carbonyl (C=O) groups excluding carboxylic acids is 1. The number of carboxylic acids is 1. The Kier molecular flexibility index (Phi) is 5.10. The van der Waals surface area contributed by atoms with Crippen molar-refractivity contribution in [2.24, 2.45) is 0 Å². The maximum Gasteiger partial charge on any atom is 0.412 e. The smallest absolute Gasteiger partial charge is 0.412 e. The molecule has 108 valence electrons. The number of halogens is 1. The highest BCUT2D eigenvalue weighted by molar-refractivity contribution is 6.29. The highest BCUT2D eigenvalue weighted by Crippen LogP contribution is 2.20. The number of aromatic nitrogens is 1. The molecule has 1 aromatic heterocycles. The number of carboxylic acid groups (broad SMARTS) is 1. The van der Waals surface area contributed by atoms with Gasteiger partial charge in [-0.15, -0.1) is 0 Å². The average Bonchev–Trinajstić information content (AvgIpc) is 2.26. The molecule has 20 heavy (non-hydrogen) atoms. The van der Waals surface area contributed by atoms with Crippen LogP contribution in [-0.2, 0) is 9.53 Å². The largest absolute Gasteiger partial charge is 0.478 e. The fraction of sp³-hybridized carbons (Fsp3) is 0.308. The molecular weight excluding hydrogens is 284 g/mol. The van der Waals surface area contributed by atoms with Crippen LogP contribution in [0.3, 0.4) is 0 Å². The molecule has 0 aliphatic heterocycles. The van der Waals surface area contributed by atoms with E-state index in [4.69, 9.17) is 21.4 Å². The van der Waals surface area contributed by atoms with E-state index in [2.05, 4.69) is 10.3 Å². The van der Waals surface area contributed by atoms with E-state index in [-0.39, 0.29) is 5.15 Å². The van der Waals surface area contributed by atoms with Crippen molar-refractivity contribution in [2.75, 3.05) is 5.32 Å². The summed E-state index contributed by atoms with van der Waals surface area (Å²) >= 11 is 5.74. The minimum absolute atomic E-state index is 0.185. The lowest BCUT2D eigenvalue weighted by molar-refractivity contribution is -0.131. The van der Waals surface area contributed by atoms with E-state index in [1.54, 1.807) is 20.8 Å². The molecule has 0 saturated heterocycles. The molecule has 0 unspecified atom stereocenters. The van der Waals surface area contributed by atoms with E-state index in [9.17, 15) is 9.59 Å². The van der Waals surface area contributed by atoms with Crippen LogP contribution in [0.2, 0.25) is 5.15 Å². The van der Waals surface area contributed by atoms with Gasteiger partial charge in [0.2, 0.25) is 0 Å². The van der Waals surface area contributed by atoms with Crippen molar-refractivity contribution in [2.45, 2.75) is 26.4 Å². The Morgan fingerprint density at radius 2 is 2.10 bits per heavy atom. The second-order valence-electron chi connectivity index (χ2n) is 4.89. The van der Waals surface area contributed by atoms with Crippen molar-refractivity contribution >= 4 is 35.4 Å². The predicted octanol–water partition coefficient (Wildman–Crippen LogP) is 3.18. The van der Waals surface area contributed by atoms with Crippen LogP contribution in [0.1, 0.15) is 26.3 Å². The molecule has 0 atom stereocenters. The molecule has 1 rings (SSSR count). The first-order valence-electron chi connectivity index (χ1n) is 5.74. The Morgan fingerprint density at radius 1 is 1.45 bits per heavy atom. The van der Waals surface area contributed by atoms with Crippen molar-refractivity contribution in [3.63, 3.8) is 0 Å². The first-order valence-corrected chi connectivity index (χ1v) is 6.12. The summed E-state index contributed by atoms with van der Waals surface area (Å²) in [6.07, 6.45) is 2.91. The number of carbonyl (C=O) groups is 2. The molecule has 1 heterocycles. The van der Waals surface area contributed by atoms with Crippen molar-refractivity contribution < 1.29 is 19.4 Å². The molecule has 0 aliphatic carbocycles. The van der Waals surface area contributed by atoms with Gasteiger partial charge in [0.1, 0.15) is 10.8 Å². The summed E-state index contributed by atoms with van der Waals surface area (Å²) < 4.78 is 5.10. The lowest BCUT2D eigenvalue weighted by atomic mass is 10.2. The van der Waals surface area contributed by atoms with Crippen LogP contribution in [0.25, 0.3) is 6.08 Å². The summed E-state index contributed by atoms with van der Waals surface area (Å²) in [5.41, 5.74) is 0.0838. The number of aliphatic carboxylic acids is 1. The monoisotopic (exact) mass is 298 g/mol. The van der Waals surface area contributed by atoms with Gasteiger partial charge in [-0.2, -0.15) is 0 Å². The molecule has 6 nitrogen and oxygen atoms in total. The zero-order valence-corrected chi connectivity index (χ0v) is 12.1. The van der Waals surface area contributed by atoms with Crippen molar-refractivity contribution in [3.05, 3.63) is 29.1 Å². The summed E-state index contributed by atoms with van der Waals surface area (Å²) in [6.45, 7) is 5.20. The standard InChI is InChI=1S/C13H15ClN2O4/c1-13(2,3)20-12(19)16-9-7-15-10(14)6-8(9)4-5-11(17)18/h4-7H,1-3H3,(H,16,19)(H,17,18)/b5-4+. The number of nitrogens with zero attached hydrogens (tertiary/aromatic N) is 1. The maximum absolute atomic E-state index is 11.7. The molecule has 0 radical (unpaired) electrons. The molecule has 1 amide bonds. The maximum atomic E-state index is 11.7. The van der Waals surface area contributed by atoms with E-state index >= 15 is 0 Å². The Hall–Kier alpha value is -2.08. The molecule has 7 heteroatoms. The number of pyridine rings is 1. The molecule has 2 N–H and O–H groups in total. The third kappa shape index (κ3) is 5.71. The van der Waals surface area contributed by atoms with Crippen molar-refractivity contribution in [3.8, 4) is 0 Å². The second kappa shape index (κ2) is 6.38. The van der Waals surface area contributed by atoms with E-state index < -0.39 is 17.7 Å². The zero-order valence-electron chi connectivity index (χ0n) is 11.3. The van der Waals surface area contributed by atoms with Crippen LogP contribution in [0.4, 0.5) is 10.5 Å². The Bertz CT molecular complexity index is 550. The molecule has 0 spiro atoms. The summed E-state index contributed by atoms with van der Waals surface area (Å²) in [5.74, 6) is -1.11. The second-order valence-corrected chi connectivity index (χ2v) is 5.28. The van der Waals surface area contributed by atoms with E-state index in [1.807, 2.05) is 0 Å². The number of hydrogen-bond donors (Lipinski definition) is 2. The number of nitrogens with one attached hydrogen (secondary N) is 1. The fourth-order valence-electron chi connectivity index (χ4n) is 1.26. The highest BCUT2D eigenvalue weighted by atomic mass is 35.5. The quantitative estimate of drug-likeness (QED) is 0.661. The number of hydrogen-bond acceptors (Lipinski definition) is 4. The van der Waals surface area contributed by atoms with Gasteiger partial charge in [-0.3, -0.25) is 5.32 Å². The van der Waals surface area contributed by atoms with E-state index in [0.29, 0.717) is 11.3 Å². The normalized spacial score (nSPS) is 11.4. The first kappa shape index (κ1) is 16.0. The number of amides is 1. The Labute approximate surface area is 121 Å². The van der Waals surface area contributed by atoms with Gasteiger partial charge in [-0.25, -0.2) is 14.6 Å².